The highest BCUT2D eigenvalue weighted by atomic mass is 31.2. The van der Waals surface area contributed by atoms with E-state index >= 15 is 0 Å². The Labute approximate surface area is 316 Å². The molecular formula is C41H75O10P. The number of unbranched alkanes of at least 4 members (excludes halogenated alkanes) is 18. The van der Waals surface area contributed by atoms with Gasteiger partial charge in [-0.25, -0.2) is 4.57 Å². The Balaban J connectivity index is 3.98. The smallest absolute Gasteiger partial charge is 0.457 e. The number of esters is 2. The van der Waals surface area contributed by atoms with Gasteiger partial charge in [0.2, 0.25) is 0 Å². The number of aliphatic hydroxyl groups excluding tert-OH is 2. The van der Waals surface area contributed by atoms with Crippen molar-refractivity contribution in [2.45, 2.75) is 187 Å². The number of phosphoric acid groups is 1. The third kappa shape index (κ3) is 35.2. The normalized spacial score (nSPS) is 14.3. The fraction of sp³-hybridized carbons (Fsp3) is 0.805. The molecule has 0 saturated carbocycles. The fourth-order valence-electron chi connectivity index (χ4n) is 5.36. The first-order valence-electron chi connectivity index (χ1n) is 20.4. The minimum Gasteiger partial charge on any atom is -0.457 e. The molecule has 0 aromatic heterocycles. The molecule has 0 bridgehead atoms. The summed E-state index contributed by atoms with van der Waals surface area (Å²) in [6, 6.07) is 0. The second-order valence-electron chi connectivity index (χ2n) is 13.6. The van der Waals surface area contributed by atoms with Crippen molar-refractivity contribution in [1.82, 2.24) is 0 Å². The zero-order valence-corrected chi connectivity index (χ0v) is 33.7. The highest BCUT2D eigenvalue weighted by Gasteiger charge is 2.27. The van der Waals surface area contributed by atoms with Gasteiger partial charge in [0.15, 0.2) is 0 Å². The van der Waals surface area contributed by atoms with E-state index in [9.17, 15) is 29.3 Å². The molecule has 0 fully saturated rings. The average molecular weight is 759 g/mol. The first kappa shape index (κ1) is 50.2. The fourth-order valence-corrected chi connectivity index (χ4v) is 6.14. The highest BCUT2D eigenvalue weighted by molar-refractivity contribution is 7.47. The molecule has 52 heavy (non-hydrogen) atoms. The highest BCUT2D eigenvalue weighted by Crippen LogP contribution is 2.43. The van der Waals surface area contributed by atoms with E-state index < -0.39 is 58.4 Å². The molecule has 10 nitrogen and oxygen atoms in total. The van der Waals surface area contributed by atoms with Crippen LogP contribution < -0.4 is 0 Å². The van der Waals surface area contributed by atoms with Crippen molar-refractivity contribution in [3.8, 4) is 0 Å². The number of allylic oxidation sites excluding steroid dienone is 6. The Morgan fingerprint density at radius 3 is 1.27 bits per heavy atom. The summed E-state index contributed by atoms with van der Waals surface area (Å²) in [5.74, 6) is -1.04. The van der Waals surface area contributed by atoms with Crippen LogP contribution in [0.4, 0.5) is 0 Å². The Morgan fingerprint density at radius 2 is 0.865 bits per heavy atom. The van der Waals surface area contributed by atoms with Gasteiger partial charge in [-0.05, 0) is 64.2 Å². The zero-order valence-electron chi connectivity index (χ0n) is 32.8. The van der Waals surface area contributed by atoms with Crippen molar-refractivity contribution in [3.63, 3.8) is 0 Å². The number of hydrogen-bond donors (Lipinski definition) is 3. The van der Waals surface area contributed by atoms with Gasteiger partial charge < -0.3 is 24.6 Å². The molecule has 0 radical (unpaired) electrons. The van der Waals surface area contributed by atoms with E-state index in [4.69, 9.17) is 18.5 Å². The SMILES string of the molecule is CCCC/C=C\C/C=C\CCCCCCCC(=O)OC(CO)COP(=O)(O)OCC(CO)OC(=O)CCCCCCC/C=C\CCCCCCCC. The number of phosphoric ester groups is 1. The Bertz CT molecular complexity index is 967. The number of ether oxygens (including phenoxy) is 2. The summed E-state index contributed by atoms with van der Waals surface area (Å²) in [6.07, 6.45) is 36.8. The van der Waals surface area contributed by atoms with Crippen LogP contribution in [0.25, 0.3) is 0 Å². The largest absolute Gasteiger partial charge is 0.472 e. The van der Waals surface area contributed by atoms with Crippen LogP contribution in [-0.2, 0) is 32.7 Å². The number of rotatable bonds is 38. The second-order valence-corrected chi connectivity index (χ2v) is 15.1. The van der Waals surface area contributed by atoms with E-state index in [0.29, 0.717) is 12.8 Å². The molecule has 0 aliphatic rings. The third-order valence-corrected chi connectivity index (χ3v) is 9.53. The Morgan fingerprint density at radius 1 is 0.519 bits per heavy atom. The van der Waals surface area contributed by atoms with E-state index in [-0.39, 0.29) is 12.8 Å². The standard InChI is InChI=1S/C41H75O10P/c1-3-5-7-9-11-13-15-17-19-21-23-25-27-29-31-33-41(45)51-39(35-43)37-49-52(46,47)48-36-38(34-42)50-40(44)32-30-28-26-24-22-20-18-16-14-12-10-8-6-4-2/h10,12,16-19,38-39,42-43H,3-9,11,13-15,20-37H2,1-2H3,(H,46,47)/b12-10-,18-16-,19-17-. The number of carbonyl (C=O) groups is 2. The van der Waals surface area contributed by atoms with E-state index in [2.05, 4.69) is 50.3 Å². The lowest BCUT2D eigenvalue weighted by atomic mass is 10.1. The van der Waals surface area contributed by atoms with E-state index in [1.54, 1.807) is 0 Å². The predicted molar refractivity (Wildman–Crippen MR) is 210 cm³/mol. The first-order valence-corrected chi connectivity index (χ1v) is 21.9. The van der Waals surface area contributed by atoms with E-state index in [1.165, 1.54) is 51.4 Å². The summed E-state index contributed by atoms with van der Waals surface area (Å²) >= 11 is 0. The molecule has 0 aliphatic carbocycles. The summed E-state index contributed by atoms with van der Waals surface area (Å²) in [7, 11) is -4.64. The van der Waals surface area contributed by atoms with Gasteiger partial charge in [-0.3, -0.25) is 18.6 Å². The van der Waals surface area contributed by atoms with Gasteiger partial charge >= 0.3 is 19.8 Å². The number of aliphatic hydroxyl groups is 2. The lowest BCUT2D eigenvalue weighted by Gasteiger charge is -2.20. The lowest BCUT2D eigenvalue weighted by molar-refractivity contribution is -0.153. The minimum absolute atomic E-state index is 0.175. The van der Waals surface area contributed by atoms with Crippen LogP contribution in [0.1, 0.15) is 174 Å². The van der Waals surface area contributed by atoms with E-state index in [1.807, 2.05) is 0 Å². The van der Waals surface area contributed by atoms with Crippen molar-refractivity contribution in [2.24, 2.45) is 0 Å². The molecule has 0 aromatic carbocycles. The number of carbonyl (C=O) groups excluding carboxylic acids is 2. The van der Waals surface area contributed by atoms with Gasteiger partial charge in [0.1, 0.15) is 12.2 Å². The van der Waals surface area contributed by atoms with Crippen molar-refractivity contribution >= 4 is 19.8 Å². The van der Waals surface area contributed by atoms with Gasteiger partial charge in [0, 0.05) is 12.8 Å². The monoisotopic (exact) mass is 759 g/mol. The average Bonchev–Trinajstić information content (AvgIpc) is 3.13. The minimum atomic E-state index is -4.64. The van der Waals surface area contributed by atoms with Crippen LogP contribution in [0.5, 0.6) is 0 Å². The Hall–Kier alpha value is -1.81. The van der Waals surface area contributed by atoms with Crippen molar-refractivity contribution < 1.29 is 47.8 Å². The summed E-state index contributed by atoms with van der Waals surface area (Å²) < 4.78 is 32.5. The van der Waals surface area contributed by atoms with Gasteiger partial charge in [-0.2, -0.15) is 0 Å². The molecule has 11 heteroatoms. The zero-order chi connectivity index (χ0) is 38.4. The maximum absolute atomic E-state index is 12.3. The van der Waals surface area contributed by atoms with Crippen LogP contribution in [0.15, 0.2) is 36.5 Å². The Kier molecular flexibility index (Phi) is 36.2. The summed E-state index contributed by atoms with van der Waals surface area (Å²) in [6.45, 7) is 2.13. The third-order valence-electron chi connectivity index (χ3n) is 8.57. The number of hydrogen-bond acceptors (Lipinski definition) is 9. The summed E-state index contributed by atoms with van der Waals surface area (Å²) in [5, 5.41) is 19.1. The molecule has 304 valence electrons. The van der Waals surface area contributed by atoms with Crippen molar-refractivity contribution in [3.05, 3.63) is 36.5 Å². The molecule has 0 spiro atoms. The van der Waals surface area contributed by atoms with Crippen LogP contribution in [0.3, 0.4) is 0 Å². The van der Waals surface area contributed by atoms with Crippen LogP contribution in [-0.4, -0.2) is 65.7 Å². The molecule has 0 saturated heterocycles. The van der Waals surface area contributed by atoms with Gasteiger partial charge in [0.05, 0.1) is 26.4 Å². The van der Waals surface area contributed by atoms with Crippen molar-refractivity contribution in [1.29, 1.82) is 0 Å². The van der Waals surface area contributed by atoms with Crippen LogP contribution in [0, 0.1) is 0 Å². The molecule has 0 aliphatic heterocycles. The molecule has 0 amide bonds. The topological polar surface area (TPSA) is 149 Å². The van der Waals surface area contributed by atoms with Gasteiger partial charge in [-0.15, -0.1) is 0 Å². The molecule has 3 N–H and O–H groups in total. The van der Waals surface area contributed by atoms with Gasteiger partial charge in [0.25, 0.3) is 0 Å². The van der Waals surface area contributed by atoms with Crippen LogP contribution >= 0.6 is 7.82 Å². The molecule has 0 rings (SSSR count). The molecule has 0 heterocycles. The maximum atomic E-state index is 12.3. The first-order chi connectivity index (χ1) is 25.3. The summed E-state index contributed by atoms with van der Waals surface area (Å²) in [4.78, 5) is 34.4. The predicted octanol–water partition coefficient (Wildman–Crippen LogP) is 10.4. The summed E-state index contributed by atoms with van der Waals surface area (Å²) in [5.41, 5.74) is 0. The quantitative estimate of drug-likeness (QED) is 0.0240. The second kappa shape index (κ2) is 37.5. The molecule has 0 aromatic rings. The van der Waals surface area contributed by atoms with E-state index in [0.717, 1.165) is 83.5 Å². The molecule has 3 unspecified atom stereocenters. The lowest BCUT2D eigenvalue weighted by Crippen LogP contribution is -2.28. The van der Waals surface area contributed by atoms with Crippen LogP contribution in [0.2, 0.25) is 0 Å². The van der Waals surface area contributed by atoms with Crippen molar-refractivity contribution in [2.75, 3.05) is 26.4 Å². The van der Waals surface area contributed by atoms with Gasteiger partial charge in [-0.1, -0.05) is 134 Å². The molecule has 3 atom stereocenters. The maximum Gasteiger partial charge on any atom is 0.472 e. The molecular weight excluding hydrogens is 683 g/mol.